The molecular formula is C70H125N7O43. The van der Waals surface area contributed by atoms with E-state index < -0.39 is 299 Å². The number of unbranched alkanes of at least 4 members (excludes halogenated alkanes) is 3. The van der Waals surface area contributed by atoms with E-state index in [2.05, 4.69) is 31.9 Å². The van der Waals surface area contributed by atoms with Gasteiger partial charge in [0, 0.05) is 58.5 Å². The molecule has 29 N–H and O–H groups in total. The van der Waals surface area contributed by atoms with Crippen LogP contribution in [0.25, 0.3) is 0 Å². The molecule has 35 atom stereocenters. The summed E-state index contributed by atoms with van der Waals surface area (Å²) >= 11 is 0. The van der Waals surface area contributed by atoms with Gasteiger partial charge in [-0.15, -0.1) is 0 Å². The van der Waals surface area contributed by atoms with Crippen LogP contribution < -0.4 is 31.9 Å². The summed E-state index contributed by atoms with van der Waals surface area (Å²) in [6.45, 7) is -0.772. The van der Waals surface area contributed by atoms with E-state index in [-0.39, 0.29) is 63.5 Å². The highest BCUT2D eigenvalue weighted by Crippen LogP contribution is 2.34. The number of amides is 6. The summed E-state index contributed by atoms with van der Waals surface area (Å²) < 4.78 is 77.3. The van der Waals surface area contributed by atoms with E-state index in [1.165, 1.54) is 11.8 Å². The topological polar surface area (TPSA) is 772 Å². The number of carbonyl (C=O) groups excluding carboxylic acids is 6. The molecule has 0 spiro atoms. The fourth-order valence-electron chi connectivity index (χ4n) is 13.4. The number of rotatable bonds is 45. The number of nitrogens with zero attached hydrogens (tertiary/aromatic N) is 1. The fourth-order valence-corrected chi connectivity index (χ4v) is 13.4. The Morgan fingerprint density at radius 2 is 0.558 bits per heavy atom. The Kier molecular flexibility index (Phi) is 45.5. The monoisotopic (exact) mass is 1750 g/mol. The van der Waals surface area contributed by atoms with E-state index in [4.69, 9.17) is 66.3 Å². The molecule has 0 aromatic rings. The first kappa shape index (κ1) is 104. The van der Waals surface area contributed by atoms with Crippen LogP contribution in [0.1, 0.15) is 72.1 Å². The van der Waals surface area contributed by atoms with E-state index >= 15 is 0 Å². The zero-order valence-electron chi connectivity index (χ0n) is 66.5. The molecule has 0 aliphatic carbocycles. The molecule has 6 amide bonds. The molecule has 0 aromatic carbocycles. The van der Waals surface area contributed by atoms with Crippen molar-refractivity contribution in [2.24, 2.45) is 0 Å². The van der Waals surface area contributed by atoms with Crippen LogP contribution in [0, 0.1) is 0 Å². The SMILES string of the molecule is CCNC(=O)CCCCC(=O)NCCO[C@H]1O[C@H](CO[C@H]2O[C@H](CO)[C@@H](O)[C@H](O)[C@@H]2O)[C@@H](O)[C@H](O[C@H]2O[C@H](CO)[C@@H](O)[C@H](O)[C@@H]2O)[C@@H]1O.CCNC(=O)CCCCCNC(=O)CN(CC(=O)NCCO[C@@H]1O[C@@H](C)[C@@H](O)[C@@H](O)[C@@H]1O)CC(=O)NCCO[C@H]1O[C@H](CO[C@H]2O[C@H](CO)[C@@H](O)[C@H](O)[C@@H]2O)[C@@H](O)[C@H](O[C@H]2O[C@H](CO)[C@@H](O)[C@H](O)[C@@H]2O)[C@@H]1O. The average molecular weight is 1750 g/mol. The van der Waals surface area contributed by atoms with Crippen molar-refractivity contribution in [3.63, 3.8) is 0 Å². The number of hydrogen-bond acceptors (Lipinski definition) is 44. The second-order valence-corrected chi connectivity index (χ2v) is 29.5. The van der Waals surface area contributed by atoms with E-state index in [1.807, 2.05) is 6.92 Å². The summed E-state index contributed by atoms with van der Waals surface area (Å²) in [5.74, 6) is -2.38. The van der Waals surface area contributed by atoms with Gasteiger partial charge in [-0.1, -0.05) is 6.42 Å². The Morgan fingerprint density at radius 3 is 0.900 bits per heavy atom. The van der Waals surface area contributed by atoms with Gasteiger partial charge >= 0.3 is 0 Å². The van der Waals surface area contributed by atoms with Crippen molar-refractivity contribution < 1.29 is 213 Å². The lowest BCUT2D eigenvalue weighted by Crippen LogP contribution is -2.65. The van der Waals surface area contributed by atoms with Gasteiger partial charge in [0.1, 0.15) is 165 Å². The predicted molar refractivity (Wildman–Crippen MR) is 391 cm³/mol. The molecule has 0 unspecified atom stereocenters. The summed E-state index contributed by atoms with van der Waals surface area (Å²) in [5, 5.41) is 252. The van der Waals surface area contributed by atoms with Gasteiger partial charge in [0.15, 0.2) is 44.0 Å². The molecule has 120 heavy (non-hydrogen) atoms. The smallest absolute Gasteiger partial charge is 0.234 e. The first-order valence-corrected chi connectivity index (χ1v) is 39.7. The molecule has 7 aliphatic heterocycles. The van der Waals surface area contributed by atoms with Gasteiger partial charge < -0.3 is 216 Å². The third-order valence-electron chi connectivity index (χ3n) is 20.3. The van der Waals surface area contributed by atoms with Crippen molar-refractivity contribution >= 4 is 35.4 Å². The van der Waals surface area contributed by atoms with E-state index in [1.54, 1.807) is 6.92 Å². The van der Waals surface area contributed by atoms with Crippen LogP contribution >= 0.6 is 0 Å². The summed E-state index contributed by atoms with van der Waals surface area (Å²) in [5.41, 5.74) is 0. The third-order valence-corrected chi connectivity index (χ3v) is 20.3. The highest BCUT2D eigenvalue weighted by molar-refractivity contribution is 5.84. The standard InChI is InChI=1S/C42H75N5O25.C28H50N2O18/c1-3-43-23(50)7-5-4-6-8-44-24(51)13-47(14-25(52)45-9-11-65-39-34(61)31(58)27(54)19(2)68-39)15-26(53)46-10-12-66-41-37(64)38(72-42-36(63)33(60)29(56)21(17-49)70-42)30(57)22(71-41)18-67-40-35(62)32(59)28(55)20(16-48)69-40;1-2-29-15(33)5-3-4-6-16(34)30-7-8-43-27-24(42)25(48-28-23(41)21(39)18(36)13(10-32)46-28)19(37)14(47-27)11-44-26-22(40)20(38)17(35)12(9-31)45-26/h19-22,27-42,48-49,54-64H,3-18H2,1-2H3,(H,43,50)(H,44,51)(H,45,52)(H,46,53);12-14,17-28,31-32,35-42H,2-11H2,1H3,(H,29,33)(H,30,34)/t19-,20+,21+,22+,27+,28+,29+,30+,31+,32-,33-,34-,35-,36-,37-,38-,39+,40-,41-,42+;12-,13-,14-,17-,18-,19-,20+,21+,22+,23+,24+,25+,26+,27+,28-/m01/s1. The minimum Gasteiger partial charge on any atom is -0.394 e. The van der Waals surface area contributed by atoms with Crippen LogP contribution in [0.4, 0.5) is 0 Å². The lowest BCUT2D eigenvalue weighted by molar-refractivity contribution is -0.366. The van der Waals surface area contributed by atoms with Crippen LogP contribution in [-0.4, -0.2) is 491 Å². The van der Waals surface area contributed by atoms with Crippen molar-refractivity contribution in [1.82, 2.24) is 36.8 Å². The lowest BCUT2D eigenvalue weighted by atomic mass is 9.96. The average Bonchev–Trinajstić information content (AvgIpc) is 0.779. The fraction of sp³-hybridized carbons (Fsp3) is 0.914. The first-order chi connectivity index (χ1) is 57.1. The summed E-state index contributed by atoms with van der Waals surface area (Å²) in [6, 6.07) is 0. The van der Waals surface area contributed by atoms with Crippen LogP contribution in [0.2, 0.25) is 0 Å². The molecule has 7 aliphatic rings. The number of nitrogens with one attached hydrogen (secondary N) is 6. The van der Waals surface area contributed by atoms with Crippen LogP contribution in [0.3, 0.4) is 0 Å². The highest BCUT2D eigenvalue weighted by atomic mass is 16.8. The van der Waals surface area contributed by atoms with E-state index in [9.17, 15) is 146 Å². The summed E-state index contributed by atoms with van der Waals surface area (Å²) in [7, 11) is 0. The van der Waals surface area contributed by atoms with Crippen molar-refractivity contribution in [2.45, 2.75) is 287 Å². The van der Waals surface area contributed by atoms with Gasteiger partial charge in [-0.2, -0.15) is 0 Å². The maximum atomic E-state index is 13.2. The van der Waals surface area contributed by atoms with E-state index in [0.29, 0.717) is 58.0 Å². The van der Waals surface area contributed by atoms with Crippen LogP contribution in [0.5, 0.6) is 0 Å². The molecule has 7 heterocycles. The number of carbonyl (C=O) groups is 6. The molecule has 7 fully saturated rings. The van der Waals surface area contributed by atoms with Crippen molar-refractivity contribution in [2.75, 3.05) is 118 Å². The molecule has 0 radical (unpaired) electrons. The van der Waals surface area contributed by atoms with Crippen molar-refractivity contribution in [3.05, 3.63) is 0 Å². The molecule has 7 rings (SSSR count). The molecule has 7 saturated heterocycles. The molecule has 698 valence electrons. The van der Waals surface area contributed by atoms with Gasteiger partial charge in [-0.3, -0.25) is 33.7 Å². The van der Waals surface area contributed by atoms with Gasteiger partial charge in [0.2, 0.25) is 35.4 Å². The highest BCUT2D eigenvalue weighted by Gasteiger charge is 2.55. The largest absolute Gasteiger partial charge is 0.394 e. The van der Waals surface area contributed by atoms with Gasteiger partial charge in [-0.05, 0) is 46.5 Å². The quantitative estimate of drug-likeness (QED) is 0.0252. The number of aliphatic hydroxyl groups excluding tert-OH is 23. The Morgan fingerprint density at radius 1 is 0.283 bits per heavy atom. The van der Waals surface area contributed by atoms with E-state index in [0.717, 1.165) is 0 Å². The number of hydrogen-bond donors (Lipinski definition) is 29. The Labute approximate surface area is 688 Å². The second kappa shape index (κ2) is 52.4. The second-order valence-electron chi connectivity index (χ2n) is 29.5. The zero-order valence-corrected chi connectivity index (χ0v) is 66.5. The first-order valence-electron chi connectivity index (χ1n) is 39.7. The molecular weight excluding hydrogens is 1630 g/mol. The molecule has 0 bridgehead atoms. The van der Waals surface area contributed by atoms with Crippen molar-refractivity contribution in [1.29, 1.82) is 0 Å². The van der Waals surface area contributed by atoms with Crippen molar-refractivity contribution in [3.8, 4) is 0 Å². The van der Waals surface area contributed by atoms with Gasteiger partial charge in [-0.25, -0.2) is 0 Å². The Bertz CT molecular complexity index is 2990. The number of aliphatic hydroxyl groups is 23. The maximum absolute atomic E-state index is 13.2. The Balaban J connectivity index is 0.000000403. The summed E-state index contributed by atoms with van der Waals surface area (Å²) in [4.78, 5) is 75.8. The predicted octanol–water partition coefficient (Wildman–Crippen LogP) is -17.1. The minimum atomic E-state index is -1.97. The molecule has 0 aromatic heterocycles. The van der Waals surface area contributed by atoms with Crippen LogP contribution in [-0.2, 0) is 95.1 Å². The third kappa shape index (κ3) is 30.5. The maximum Gasteiger partial charge on any atom is 0.234 e. The van der Waals surface area contributed by atoms with Crippen LogP contribution in [0.15, 0.2) is 0 Å². The molecule has 50 heteroatoms. The normalized spacial score (nSPS) is 38.5. The number of ether oxygens (including phenoxy) is 14. The lowest BCUT2D eigenvalue weighted by Gasteiger charge is -2.46. The zero-order chi connectivity index (χ0) is 88.8. The molecule has 50 nitrogen and oxygen atoms in total. The molecule has 0 saturated carbocycles. The Hall–Kier alpha value is -4.70. The van der Waals surface area contributed by atoms with Gasteiger partial charge in [0.25, 0.3) is 0 Å². The van der Waals surface area contributed by atoms with Gasteiger partial charge in [0.05, 0.1) is 85.2 Å². The minimum absolute atomic E-state index is 0.0332. The summed E-state index contributed by atoms with van der Waals surface area (Å²) in [6.07, 6.45) is -54.4.